The van der Waals surface area contributed by atoms with Crippen LogP contribution >= 0.6 is 11.8 Å². The van der Waals surface area contributed by atoms with Crippen LogP contribution < -0.4 is 9.80 Å². The number of carbonyl (C=O) groups is 1. The highest BCUT2D eigenvalue weighted by atomic mass is 32.2. The number of carbonyl (C=O) groups excluding carboxylic acids is 1. The summed E-state index contributed by atoms with van der Waals surface area (Å²) in [7, 11) is 1.71. The number of hydrogen-bond acceptors (Lipinski definition) is 7. The van der Waals surface area contributed by atoms with E-state index in [4.69, 9.17) is 9.47 Å². The molecule has 9 heteroatoms. The average molecular weight is 483 g/mol. The van der Waals surface area contributed by atoms with Crippen LogP contribution in [0.2, 0.25) is 0 Å². The zero-order chi connectivity index (χ0) is 23.5. The van der Waals surface area contributed by atoms with Gasteiger partial charge in [0.25, 0.3) is 5.91 Å². The second kappa shape index (κ2) is 10.2. The summed E-state index contributed by atoms with van der Waals surface area (Å²) in [6.45, 7) is 5.77. The standard InChI is InChI=1S/C25H27FN4O3S/c1-28-24(31)23(17-18-2-7-22(21(26)16-18)30-10-14-33-15-11-30)34-25(28)27-19-3-5-20(6-4-19)29-8-12-32-13-9-29/h2-7,16-17H,8-15H2,1H3. The highest BCUT2D eigenvalue weighted by molar-refractivity contribution is 8.18. The molecule has 3 aliphatic rings. The lowest BCUT2D eigenvalue weighted by Gasteiger charge is -2.29. The minimum atomic E-state index is -0.297. The van der Waals surface area contributed by atoms with E-state index in [1.54, 1.807) is 19.2 Å². The molecule has 3 heterocycles. The normalized spacial score (nSPS) is 21.7. The number of likely N-dealkylation sites (N-methyl/N-ethyl adjacent to an activating group) is 1. The first-order valence-electron chi connectivity index (χ1n) is 11.4. The Morgan fingerprint density at radius 3 is 2.24 bits per heavy atom. The van der Waals surface area contributed by atoms with Crippen molar-refractivity contribution < 1.29 is 18.7 Å². The molecule has 0 unspecified atom stereocenters. The number of halogens is 1. The first kappa shape index (κ1) is 22.9. The average Bonchev–Trinajstić information content (AvgIpc) is 3.13. The molecule has 1 amide bonds. The zero-order valence-corrected chi connectivity index (χ0v) is 19.9. The van der Waals surface area contributed by atoms with Crippen molar-refractivity contribution in [1.82, 2.24) is 4.90 Å². The predicted molar refractivity (Wildman–Crippen MR) is 134 cm³/mol. The number of benzene rings is 2. The van der Waals surface area contributed by atoms with Crippen LogP contribution in [0.5, 0.6) is 0 Å². The van der Waals surface area contributed by atoms with E-state index in [9.17, 15) is 9.18 Å². The molecule has 0 aliphatic carbocycles. The molecule has 0 bridgehead atoms. The molecule has 7 nitrogen and oxygen atoms in total. The number of morpholine rings is 2. The molecule has 5 rings (SSSR count). The first-order valence-corrected chi connectivity index (χ1v) is 12.2. The van der Waals surface area contributed by atoms with Crippen molar-refractivity contribution in [3.8, 4) is 0 Å². The molecule has 0 aromatic heterocycles. The number of anilines is 2. The Bertz CT molecular complexity index is 1110. The smallest absolute Gasteiger partial charge is 0.266 e. The SMILES string of the molecule is CN1C(=O)C(=Cc2ccc(N3CCOCC3)c(F)c2)SC1=Nc1ccc(N2CCOCC2)cc1. The van der Waals surface area contributed by atoms with E-state index in [1.807, 2.05) is 35.2 Å². The summed E-state index contributed by atoms with van der Waals surface area (Å²) in [6.07, 6.45) is 1.72. The van der Waals surface area contributed by atoms with E-state index in [0.29, 0.717) is 47.6 Å². The zero-order valence-electron chi connectivity index (χ0n) is 19.1. The van der Waals surface area contributed by atoms with Crippen molar-refractivity contribution in [1.29, 1.82) is 0 Å². The largest absolute Gasteiger partial charge is 0.378 e. The minimum absolute atomic E-state index is 0.147. The lowest BCUT2D eigenvalue weighted by molar-refractivity contribution is -0.121. The number of amides is 1. The predicted octanol–water partition coefficient (Wildman–Crippen LogP) is 3.73. The number of hydrogen-bond donors (Lipinski definition) is 0. The summed E-state index contributed by atoms with van der Waals surface area (Å²) in [5.74, 6) is -0.444. The summed E-state index contributed by atoms with van der Waals surface area (Å²) in [5, 5.41) is 0.598. The molecule has 2 aromatic carbocycles. The lowest BCUT2D eigenvalue weighted by Crippen LogP contribution is -2.36. The van der Waals surface area contributed by atoms with E-state index in [1.165, 1.54) is 22.7 Å². The summed E-state index contributed by atoms with van der Waals surface area (Å²) in [6, 6.07) is 13.1. The van der Waals surface area contributed by atoms with Crippen LogP contribution in [-0.2, 0) is 14.3 Å². The van der Waals surface area contributed by atoms with Gasteiger partial charge in [0.2, 0.25) is 0 Å². The number of rotatable bonds is 4. The van der Waals surface area contributed by atoms with Crippen LogP contribution in [0.3, 0.4) is 0 Å². The molecule has 34 heavy (non-hydrogen) atoms. The topological polar surface area (TPSA) is 57.6 Å². The van der Waals surface area contributed by atoms with Gasteiger partial charge in [-0.2, -0.15) is 0 Å². The maximum atomic E-state index is 14.8. The summed E-state index contributed by atoms with van der Waals surface area (Å²) in [5.41, 5.74) is 3.13. The third-order valence-corrected chi connectivity index (χ3v) is 7.14. The third kappa shape index (κ3) is 4.96. The van der Waals surface area contributed by atoms with Gasteiger partial charge in [-0.1, -0.05) is 6.07 Å². The van der Waals surface area contributed by atoms with Gasteiger partial charge in [-0.05, 0) is 59.8 Å². The monoisotopic (exact) mass is 482 g/mol. The number of ether oxygens (including phenoxy) is 2. The Kier molecular flexibility index (Phi) is 6.85. The molecule has 0 spiro atoms. The third-order valence-electron chi connectivity index (χ3n) is 6.08. The molecule has 0 radical (unpaired) electrons. The molecular formula is C25H27FN4O3S. The van der Waals surface area contributed by atoms with Gasteiger partial charge in [0.05, 0.1) is 42.7 Å². The molecule has 3 fully saturated rings. The molecule has 2 aromatic rings. The van der Waals surface area contributed by atoms with Gasteiger partial charge in [0.1, 0.15) is 5.82 Å². The van der Waals surface area contributed by atoms with Crippen molar-refractivity contribution in [2.24, 2.45) is 4.99 Å². The van der Waals surface area contributed by atoms with Crippen LogP contribution in [0.1, 0.15) is 5.56 Å². The van der Waals surface area contributed by atoms with Crippen LogP contribution in [0.15, 0.2) is 52.4 Å². The van der Waals surface area contributed by atoms with Gasteiger partial charge in [-0.15, -0.1) is 0 Å². The maximum Gasteiger partial charge on any atom is 0.266 e. The van der Waals surface area contributed by atoms with Crippen molar-refractivity contribution in [3.05, 3.63) is 58.8 Å². The summed E-state index contributed by atoms with van der Waals surface area (Å²) in [4.78, 5) is 23.8. The van der Waals surface area contributed by atoms with Gasteiger partial charge < -0.3 is 19.3 Å². The second-order valence-corrected chi connectivity index (χ2v) is 9.30. The molecule has 3 aliphatic heterocycles. The van der Waals surface area contributed by atoms with Crippen molar-refractivity contribution >= 4 is 46.0 Å². The van der Waals surface area contributed by atoms with Crippen LogP contribution in [-0.4, -0.2) is 75.6 Å². The molecule has 0 N–H and O–H groups in total. The quantitative estimate of drug-likeness (QED) is 0.619. The number of nitrogens with zero attached hydrogens (tertiary/aromatic N) is 4. The van der Waals surface area contributed by atoms with E-state index in [2.05, 4.69) is 9.89 Å². The van der Waals surface area contributed by atoms with Gasteiger partial charge in [-0.3, -0.25) is 9.69 Å². The van der Waals surface area contributed by atoms with Crippen molar-refractivity contribution in [2.75, 3.05) is 69.5 Å². The molecule has 0 saturated carbocycles. The first-order chi connectivity index (χ1) is 16.6. The van der Waals surface area contributed by atoms with Gasteiger partial charge in [0.15, 0.2) is 5.17 Å². The Morgan fingerprint density at radius 1 is 0.941 bits per heavy atom. The fourth-order valence-corrected chi connectivity index (χ4v) is 5.13. The van der Waals surface area contributed by atoms with Crippen LogP contribution in [0.25, 0.3) is 6.08 Å². The Hall–Kier alpha value is -2.88. The van der Waals surface area contributed by atoms with Gasteiger partial charge >= 0.3 is 0 Å². The summed E-state index contributed by atoms with van der Waals surface area (Å²) >= 11 is 1.30. The van der Waals surface area contributed by atoms with E-state index in [0.717, 1.165) is 37.7 Å². The minimum Gasteiger partial charge on any atom is -0.378 e. The molecule has 0 atom stereocenters. The Morgan fingerprint density at radius 2 is 1.59 bits per heavy atom. The van der Waals surface area contributed by atoms with E-state index < -0.39 is 0 Å². The van der Waals surface area contributed by atoms with E-state index >= 15 is 0 Å². The van der Waals surface area contributed by atoms with Crippen LogP contribution in [0.4, 0.5) is 21.5 Å². The Labute approximate surface area is 202 Å². The van der Waals surface area contributed by atoms with Gasteiger partial charge in [0, 0.05) is 38.9 Å². The fraction of sp³-hybridized carbons (Fsp3) is 0.360. The van der Waals surface area contributed by atoms with E-state index in [-0.39, 0.29) is 11.7 Å². The van der Waals surface area contributed by atoms with Gasteiger partial charge in [-0.25, -0.2) is 9.38 Å². The van der Waals surface area contributed by atoms with Crippen molar-refractivity contribution in [3.63, 3.8) is 0 Å². The fourth-order valence-electron chi connectivity index (χ4n) is 4.15. The summed E-state index contributed by atoms with van der Waals surface area (Å²) < 4.78 is 25.5. The second-order valence-electron chi connectivity index (χ2n) is 8.30. The van der Waals surface area contributed by atoms with Crippen molar-refractivity contribution in [2.45, 2.75) is 0 Å². The highest BCUT2D eigenvalue weighted by Gasteiger charge is 2.30. The van der Waals surface area contributed by atoms with Crippen LogP contribution in [0, 0.1) is 5.82 Å². The molecule has 3 saturated heterocycles. The maximum absolute atomic E-state index is 14.8. The number of thioether (sulfide) groups is 1. The highest BCUT2D eigenvalue weighted by Crippen LogP contribution is 2.34. The number of amidine groups is 1. The number of aliphatic imine (C=N–C) groups is 1. The Balaban J connectivity index is 1.30. The molecular weight excluding hydrogens is 455 g/mol. The lowest BCUT2D eigenvalue weighted by atomic mass is 10.1. The molecule has 178 valence electrons.